The number of piperidine rings is 1. The van der Waals surface area contributed by atoms with Gasteiger partial charge in [-0.1, -0.05) is 12.1 Å². The molecule has 1 amide bonds. The van der Waals surface area contributed by atoms with E-state index in [1.807, 2.05) is 36.3 Å². The number of benzene rings is 1. The third-order valence-corrected chi connectivity index (χ3v) is 7.68. The van der Waals surface area contributed by atoms with Gasteiger partial charge in [0.15, 0.2) is 0 Å². The van der Waals surface area contributed by atoms with E-state index in [1.54, 1.807) is 35.4 Å². The molecule has 1 aliphatic heterocycles. The van der Waals surface area contributed by atoms with Crippen LogP contribution in [0.3, 0.4) is 0 Å². The number of hydrogen-bond acceptors (Lipinski definition) is 7. The van der Waals surface area contributed by atoms with Crippen LogP contribution in [0.5, 0.6) is 5.88 Å². The van der Waals surface area contributed by atoms with Gasteiger partial charge in [-0.05, 0) is 49.2 Å². The van der Waals surface area contributed by atoms with E-state index in [2.05, 4.69) is 15.1 Å². The van der Waals surface area contributed by atoms with Gasteiger partial charge in [-0.15, -0.1) is 11.3 Å². The first-order valence-electron chi connectivity index (χ1n) is 12.1. The van der Waals surface area contributed by atoms with Crippen molar-refractivity contribution in [3.63, 3.8) is 0 Å². The Kier molecular flexibility index (Phi) is 5.61. The molecule has 3 atom stereocenters. The van der Waals surface area contributed by atoms with E-state index in [0.717, 1.165) is 16.8 Å². The maximum atomic E-state index is 13.5. The fourth-order valence-corrected chi connectivity index (χ4v) is 5.50. The predicted octanol–water partition coefficient (Wildman–Crippen LogP) is 4.09. The third-order valence-electron chi connectivity index (χ3n) is 7.09. The number of hydrogen-bond donors (Lipinski definition) is 1. The van der Waals surface area contributed by atoms with E-state index in [-0.39, 0.29) is 29.7 Å². The Morgan fingerprint density at radius 2 is 1.84 bits per heavy atom. The number of aromatic nitrogens is 4. The van der Waals surface area contributed by atoms with Crippen molar-refractivity contribution in [3.8, 4) is 28.4 Å². The van der Waals surface area contributed by atoms with Gasteiger partial charge in [-0.2, -0.15) is 5.10 Å². The lowest BCUT2D eigenvalue weighted by molar-refractivity contribution is 0.0740. The molecule has 4 heterocycles. The molecular formula is C27H27FN6O2S. The fraction of sp³-hybridized carbons (Fsp3) is 0.333. The summed E-state index contributed by atoms with van der Waals surface area (Å²) in [5.74, 6) is 0.670. The molecule has 0 bridgehead atoms. The lowest BCUT2D eigenvalue weighted by Crippen LogP contribution is -2.34. The Hall–Kier alpha value is -3.63. The zero-order valence-electron chi connectivity index (χ0n) is 20.8. The number of pyridine rings is 1. The predicted molar refractivity (Wildman–Crippen MR) is 138 cm³/mol. The second-order valence-electron chi connectivity index (χ2n) is 10.3. The van der Waals surface area contributed by atoms with Gasteiger partial charge in [0.25, 0.3) is 5.91 Å². The topological polar surface area (TPSA) is 99.2 Å². The van der Waals surface area contributed by atoms with Gasteiger partial charge < -0.3 is 15.4 Å². The monoisotopic (exact) mass is 518 g/mol. The molecule has 1 saturated carbocycles. The summed E-state index contributed by atoms with van der Waals surface area (Å²) in [6.45, 7) is 5.03. The van der Waals surface area contributed by atoms with Gasteiger partial charge in [-0.25, -0.2) is 14.4 Å². The van der Waals surface area contributed by atoms with Crippen molar-refractivity contribution in [2.24, 2.45) is 24.6 Å². The summed E-state index contributed by atoms with van der Waals surface area (Å²) in [6.07, 6.45) is -0.00846. The van der Waals surface area contributed by atoms with Crippen LogP contribution < -0.4 is 10.5 Å². The van der Waals surface area contributed by atoms with Gasteiger partial charge in [-0.3, -0.25) is 9.48 Å². The Bertz CT molecular complexity index is 1450. The molecule has 1 saturated heterocycles. The number of thiazole rings is 1. The van der Waals surface area contributed by atoms with Gasteiger partial charge in [0, 0.05) is 43.4 Å². The Morgan fingerprint density at radius 3 is 2.49 bits per heavy atom. The Balaban J connectivity index is 1.16. The van der Waals surface area contributed by atoms with Crippen molar-refractivity contribution in [1.29, 1.82) is 0 Å². The number of halogens is 1. The van der Waals surface area contributed by atoms with Crippen molar-refractivity contribution in [2.75, 3.05) is 13.1 Å². The molecular weight excluding hydrogens is 491 g/mol. The summed E-state index contributed by atoms with van der Waals surface area (Å²) < 4.78 is 21.4. The first kappa shape index (κ1) is 23.7. The number of aryl methyl sites for hydroxylation is 1. The molecule has 2 fully saturated rings. The molecule has 190 valence electrons. The molecule has 0 spiro atoms. The standard InChI is InChI=1S/C27H27FN6O2S/c1-27(2,29)23-8-16(15-4-6-17(28)7-5-15)9-24(31-23)36-25-18-11-34(12-19(18)25)26(35)22-10-20(32-33(22)3)21-13-37-14-30-21/h4-10,13-14,18-19,25H,11-12,29H2,1-3H3/t18-,19+,25?. The van der Waals surface area contributed by atoms with Crippen LogP contribution >= 0.6 is 11.3 Å². The highest BCUT2D eigenvalue weighted by molar-refractivity contribution is 7.07. The number of fused-ring (bicyclic) bond motifs is 1. The number of rotatable bonds is 6. The molecule has 2 N–H and O–H groups in total. The van der Waals surface area contributed by atoms with Crippen LogP contribution in [0.1, 0.15) is 30.0 Å². The van der Waals surface area contributed by atoms with Crippen molar-refractivity contribution in [3.05, 3.63) is 70.6 Å². The van der Waals surface area contributed by atoms with E-state index >= 15 is 0 Å². The largest absolute Gasteiger partial charge is 0.474 e. The second-order valence-corrected chi connectivity index (χ2v) is 11.1. The van der Waals surface area contributed by atoms with Crippen molar-refractivity contribution >= 4 is 17.2 Å². The van der Waals surface area contributed by atoms with Crippen molar-refractivity contribution < 1.29 is 13.9 Å². The molecule has 6 rings (SSSR count). The number of amides is 1. The van der Waals surface area contributed by atoms with Gasteiger partial charge >= 0.3 is 0 Å². The number of nitrogens with two attached hydrogens (primary N) is 1. The Labute approximate surface area is 217 Å². The van der Waals surface area contributed by atoms with Gasteiger partial charge in [0.1, 0.15) is 29.0 Å². The van der Waals surface area contributed by atoms with E-state index in [0.29, 0.717) is 36.1 Å². The molecule has 8 nitrogen and oxygen atoms in total. The summed E-state index contributed by atoms with van der Waals surface area (Å²) in [5, 5.41) is 6.38. The summed E-state index contributed by atoms with van der Waals surface area (Å²) in [4.78, 5) is 24.0. The van der Waals surface area contributed by atoms with Gasteiger partial charge in [0.2, 0.25) is 5.88 Å². The first-order chi connectivity index (χ1) is 17.7. The summed E-state index contributed by atoms with van der Waals surface area (Å²) in [7, 11) is 1.78. The maximum Gasteiger partial charge on any atom is 0.272 e. The highest BCUT2D eigenvalue weighted by Gasteiger charge is 2.59. The van der Waals surface area contributed by atoms with E-state index in [4.69, 9.17) is 10.5 Å². The van der Waals surface area contributed by atoms with E-state index in [1.165, 1.54) is 23.5 Å². The third kappa shape index (κ3) is 4.51. The summed E-state index contributed by atoms with van der Waals surface area (Å²) in [5.41, 5.74) is 11.9. The number of carbonyl (C=O) groups excluding carboxylic acids is 1. The zero-order valence-corrected chi connectivity index (χ0v) is 21.6. The SMILES string of the molecule is Cn1nc(-c2cscn2)cc1C(=O)N1C[C@@H]2C(Oc3cc(-c4ccc(F)cc4)cc(C(C)(C)N)n3)[C@@H]2C1. The van der Waals surface area contributed by atoms with Crippen molar-refractivity contribution in [1.82, 2.24) is 24.6 Å². The molecule has 1 aromatic carbocycles. The van der Waals surface area contributed by atoms with Crippen LogP contribution in [0.25, 0.3) is 22.5 Å². The van der Waals surface area contributed by atoms with Gasteiger partial charge in [0.05, 0.1) is 16.7 Å². The smallest absolute Gasteiger partial charge is 0.272 e. The van der Waals surface area contributed by atoms with Crippen LogP contribution in [0, 0.1) is 17.7 Å². The highest BCUT2D eigenvalue weighted by Crippen LogP contribution is 2.48. The molecule has 4 aromatic rings. The van der Waals surface area contributed by atoms with Crippen LogP contribution in [0.4, 0.5) is 4.39 Å². The number of carbonyl (C=O) groups is 1. The summed E-state index contributed by atoms with van der Waals surface area (Å²) in [6, 6.07) is 11.9. The minimum atomic E-state index is -0.669. The molecule has 10 heteroatoms. The zero-order chi connectivity index (χ0) is 25.9. The molecule has 3 aromatic heterocycles. The van der Waals surface area contributed by atoms with Crippen LogP contribution in [-0.2, 0) is 12.6 Å². The molecule has 1 unspecified atom stereocenters. The first-order valence-corrected chi connectivity index (χ1v) is 13.1. The highest BCUT2D eigenvalue weighted by atomic mass is 32.1. The molecule has 2 aliphatic rings. The molecule has 1 aliphatic carbocycles. The minimum absolute atomic E-state index is 0.00846. The van der Waals surface area contributed by atoms with E-state index < -0.39 is 5.54 Å². The van der Waals surface area contributed by atoms with Crippen LogP contribution in [0.15, 0.2) is 53.4 Å². The van der Waals surface area contributed by atoms with Crippen LogP contribution in [0.2, 0.25) is 0 Å². The summed E-state index contributed by atoms with van der Waals surface area (Å²) >= 11 is 1.50. The molecule has 0 radical (unpaired) electrons. The number of ether oxygens (including phenoxy) is 1. The number of nitrogens with zero attached hydrogens (tertiary/aromatic N) is 5. The molecule has 37 heavy (non-hydrogen) atoms. The average Bonchev–Trinajstić information content (AvgIpc) is 3.36. The van der Waals surface area contributed by atoms with E-state index in [9.17, 15) is 9.18 Å². The minimum Gasteiger partial charge on any atom is -0.474 e. The lowest BCUT2D eigenvalue weighted by Gasteiger charge is -2.22. The quantitative estimate of drug-likeness (QED) is 0.413. The normalized spacial score (nSPS) is 20.7. The second kappa shape index (κ2) is 8.74. The maximum absolute atomic E-state index is 13.5. The average molecular weight is 519 g/mol. The fourth-order valence-electron chi connectivity index (χ4n) is 4.95. The van der Waals surface area contributed by atoms with Crippen molar-refractivity contribution in [2.45, 2.75) is 25.5 Å². The Morgan fingerprint density at radius 1 is 1.11 bits per heavy atom. The number of likely N-dealkylation sites (tertiary alicyclic amines) is 1. The van der Waals surface area contributed by atoms with Crippen LogP contribution in [-0.4, -0.2) is 49.7 Å². The lowest BCUT2D eigenvalue weighted by atomic mass is 9.97.